The third kappa shape index (κ3) is 4.26. The van der Waals surface area contributed by atoms with Crippen LogP contribution in [0.15, 0.2) is 36.5 Å². The minimum Gasteiger partial charge on any atom is -0.349 e. The molecule has 2 aromatic heterocycles. The Morgan fingerprint density at radius 2 is 1.83 bits per heavy atom. The Bertz CT molecular complexity index is 1020. The van der Waals surface area contributed by atoms with Gasteiger partial charge in [0.1, 0.15) is 5.56 Å². The van der Waals surface area contributed by atoms with Crippen LogP contribution in [0.25, 0.3) is 16.9 Å². The standard InChI is InChI=1S/C21H23F3N4O/c1-5-13(4)26-20(29)16-11-25-28-18(21(22,23)24)10-17(27-19(16)28)15-8-6-14(7-9-15)12(2)3/h6-13H,5H2,1-4H3,(H,26,29). The first-order chi connectivity index (χ1) is 13.6. The van der Waals surface area contributed by atoms with E-state index in [9.17, 15) is 18.0 Å². The molecule has 5 nitrogen and oxygen atoms in total. The molecular weight excluding hydrogens is 381 g/mol. The highest BCUT2D eigenvalue weighted by molar-refractivity contribution is 6.00. The van der Waals surface area contributed by atoms with Crippen molar-refractivity contribution in [3.05, 3.63) is 53.3 Å². The second kappa shape index (κ2) is 7.85. The molecule has 0 saturated carbocycles. The lowest BCUT2D eigenvalue weighted by atomic mass is 10.0. The first-order valence-electron chi connectivity index (χ1n) is 9.49. The molecule has 1 N–H and O–H groups in total. The van der Waals surface area contributed by atoms with Crippen LogP contribution in [0.2, 0.25) is 0 Å². The summed E-state index contributed by atoms with van der Waals surface area (Å²) in [5, 5.41) is 6.53. The number of hydrogen-bond acceptors (Lipinski definition) is 3. The monoisotopic (exact) mass is 404 g/mol. The highest BCUT2D eigenvalue weighted by atomic mass is 19.4. The fraction of sp³-hybridized carbons (Fsp3) is 0.381. The van der Waals surface area contributed by atoms with Crippen molar-refractivity contribution in [1.82, 2.24) is 19.9 Å². The number of carbonyl (C=O) groups excluding carboxylic acids is 1. The van der Waals surface area contributed by atoms with Gasteiger partial charge in [0.05, 0.1) is 11.9 Å². The van der Waals surface area contributed by atoms with Crippen LogP contribution in [0, 0.1) is 0 Å². The van der Waals surface area contributed by atoms with Crippen LogP contribution in [-0.2, 0) is 6.18 Å². The Morgan fingerprint density at radius 3 is 2.38 bits per heavy atom. The van der Waals surface area contributed by atoms with E-state index in [0.717, 1.165) is 17.8 Å². The van der Waals surface area contributed by atoms with E-state index in [4.69, 9.17) is 0 Å². The number of fused-ring (bicyclic) bond motifs is 1. The van der Waals surface area contributed by atoms with Gasteiger partial charge in [0, 0.05) is 11.6 Å². The largest absolute Gasteiger partial charge is 0.433 e. The molecule has 1 atom stereocenters. The van der Waals surface area contributed by atoms with E-state index >= 15 is 0 Å². The predicted molar refractivity (Wildman–Crippen MR) is 105 cm³/mol. The van der Waals surface area contributed by atoms with Gasteiger partial charge in [0.2, 0.25) is 0 Å². The number of nitrogens with one attached hydrogen (secondary N) is 1. The number of hydrogen-bond donors (Lipinski definition) is 1. The van der Waals surface area contributed by atoms with Crippen LogP contribution in [0.3, 0.4) is 0 Å². The van der Waals surface area contributed by atoms with E-state index in [-0.39, 0.29) is 22.9 Å². The minimum atomic E-state index is -4.65. The molecular formula is C21H23F3N4O. The summed E-state index contributed by atoms with van der Waals surface area (Å²) < 4.78 is 41.7. The maximum Gasteiger partial charge on any atom is 0.433 e. The van der Waals surface area contributed by atoms with Crippen LogP contribution in [0.5, 0.6) is 0 Å². The van der Waals surface area contributed by atoms with Crippen molar-refractivity contribution in [2.24, 2.45) is 0 Å². The van der Waals surface area contributed by atoms with E-state index < -0.39 is 17.8 Å². The average Bonchev–Trinajstić information content (AvgIpc) is 3.10. The average molecular weight is 404 g/mol. The highest BCUT2D eigenvalue weighted by Gasteiger charge is 2.36. The zero-order valence-corrected chi connectivity index (χ0v) is 16.7. The van der Waals surface area contributed by atoms with Crippen LogP contribution in [0.4, 0.5) is 13.2 Å². The van der Waals surface area contributed by atoms with Gasteiger partial charge >= 0.3 is 6.18 Å². The molecule has 2 heterocycles. The normalized spacial score (nSPS) is 13.1. The van der Waals surface area contributed by atoms with Gasteiger partial charge in [-0.3, -0.25) is 4.79 Å². The van der Waals surface area contributed by atoms with Gasteiger partial charge in [-0.05, 0) is 30.9 Å². The molecule has 3 aromatic rings. The van der Waals surface area contributed by atoms with E-state index in [2.05, 4.69) is 15.4 Å². The number of amides is 1. The quantitative estimate of drug-likeness (QED) is 0.646. The fourth-order valence-electron chi connectivity index (χ4n) is 2.92. The third-order valence-electron chi connectivity index (χ3n) is 4.87. The van der Waals surface area contributed by atoms with Gasteiger partial charge in [0.25, 0.3) is 5.91 Å². The van der Waals surface area contributed by atoms with Gasteiger partial charge in [-0.1, -0.05) is 45.0 Å². The molecule has 0 fully saturated rings. The number of carbonyl (C=O) groups is 1. The zero-order chi connectivity index (χ0) is 21.3. The summed E-state index contributed by atoms with van der Waals surface area (Å²) in [6, 6.07) is 8.05. The van der Waals surface area contributed by atoms with Crippen molar-refractivity contribution in [3.8, 4) is 11.3 Å². The van der Waals surface area contributed by atoms with Crippen molar-refractivity contribution in [2.45, 2.75) is 52.3 Å². The van der Waals surface area contributed by atoms with Crippen LogP contribution in [0.1, 0.15) is 61.6 Å². The molecule has 154 valence electrons. The minimum absolute atomic E-state index is 0.0106. The molecule has 1 unspecified atom stereocenters. The van der Waals surface area contributed by atoms with Crippen molar-refractivity contribution in [3.63, 3.8) is 0 Å². The topological polar surface area (TPSA) is 59.3 Å². The Labute approximate surface area is 167 Å². The Morgan fingerprint density at radius 1 is 1.17 bits per heavy atom. The van der Waals surface area contributed by atoms with Gasteiger partial charge in [-0.25, -0.2) is 9.50 Å². The molecule has 0 saturated heterocycles. The van der Waals surface area contributed by atoms with Crippen molar-refractivity contribution in [2.75, 3.05) is 0 Å². The third-order valence-corrected chi connectivity index (χ3v) is 4.87. The SMILES string of the molecule is CCC(C)NC(=O)c1cnn2c(C(F)(F)F)cc(-c3ccc(C(C)C)cc3)nc12. The molecule has 0 aliphatic rings. The molecule has 1 aromatic carbocycles. The molecule has 0 aliphatic carbocycles. The smallest absolute Gasteiger partial charge is 0.349 e. The lowest BCUT2D eigenvalue weighted by Gasteiger charge is -2.13. The number of aromatic nitrogens is 3. The summed E-state index contributed by atoms with van der Waals surface area (Å²) in [5.41, 5.74) is 0.659. The molecule has 1 amide bonds. The number of nitrogens with zero attached hydrogens (tertiary/aromatic N) is 3. The van der Waals surface area contributed by atoms with Crippen LogP contribution < -0.4 is 5.32 Å². The number of alkyl halides is 3. The van der Waals surface area contributed by atoms with Gasteiger partial charge in [-0.2, -0.15) is 18.3 Å². The molecule has 8 heteroatoms. The predicted octanol–water partition coefficient (Wildman–Crippen LogP) is 5.07. The number of halogens is 3. The maximum atomic E-state index is 13.7. The molecule has 0 spiro atoms. The fourth-order valence-corrected chi connectivity index (χ4v) is 2.92. The summed E-state index contributed by atoms with van der Waals surface area (Å²) >= 11 is 0. The van der Waals surface area contributed by atoms with Crippen molar-refractivity contribution >= 4 is 11.6 Å². The van der Waals surface area contributed by atoms with Crippen molar-refractivity contribution in [1.29, 1.82) is 0 Å². The van der Waals surface area contributed by atoms with E-state index in [1.165, 1.54) is 0 Å². The summed E-state index contributed by atoms with van der Waals surface area (Å²) in [4.78, 5) is 16.9. The zero-order valence-electron chi connectivity index (χ0n) is 16.7. The molecule has 0 aliphatic heterocycles. The first kappa shape index (κ1) is 20.8. The molecule has 3 rings (SSSR count). The first-order valence-corrected chi connectivity index (χ1v) is 9.49. The molecule has 29 heavy (non-hydrogen) atoms. The summed E-state index contributed by atoms with van der Waals surface area (Å²) in [7, 11) is 0. The van der Waals surface area contributed by atoms with Gasteiger partial charge in [0.15, 0.2) is 11.3 Å². The molecule has 0 radical (unpaired) electrons. The number of benzene rings is 1. The summed E-state index contributed by atoms with van der Waals surface area (Å²) in [5.74, 6) is -0.196. The lowest BCUT2D eigenvalue weighted by molar-refractivity contribution is -0.142. The van der Waals surface area contributed by atoms with Gasteiger partial charge < -0.3 is 5.32 Å². The Balaban J connectivity index is 2.16. The lowest BCUT2D eigenvalue weighted by Crippen LogP contribution is -2.32. The highest BCUT2D eigenvalue weighted by Crippen LogP contribution is 2.33. The van der Waals surface area contributed by atoms with Gasteiger partial charge in [-0.15, -0.1) is 0 Å². The maximum absolute atomic E-state index is 13.7. The molecule has 0 bridgehead atoms. The summed E-state index contributed by atoms with van der Waals surface area (Å²) in [6.45, 7) is 7.80. The van der Waals surface area contributed by atoms with Crippen molar-refractivity contribution < 1.29 is 18.0 Å². The van der Waals surface area contributed by atoms with E-state index in [0.29, 0.717) is 22.4 Å². The number of rotatable bonds is 5. The second-order valence-corrected chi connectivity index (χ2v) is 7.38. The second-order valence-electron chi connectivity index (χ2n) is 7.38. The van der Waals surface area contributed by atoms with Crippen LogP contribution in [-0.4, -0.2) is 26.5 Å². The van der Waals surface area contributed by atoms with E-state index in [1.54, 1.807) is 12.1 Å². The Kier molecular flexibility index (Phi) is 5.64. The van der Waals surface area contributed by atoms with E-state index in [1.807, 2.05) is 39.8 Å². The summed E-state index contributed by atoms with van der Waals surface area (Å²) in [6.07, 6.45) is -2.83. The Hall–Kier alpha value is -2.90. The van der Waals surface area contributed by atoms with Crippen LogP contribution >= 0.6 is 0 Å².